The Balaban J connectivity index is 4.71. The molecule has 62 valence electrons. The molecule has 0 spiro atoms. The zero-order valence-electron chi connectivity index (χ0n) is 7.51. The van der Waals surface area contributed by atoms with Crippen LogP contribution in [-0.4, -0.2) is 0 Å². The van der Waals surface area contributed by atoms with Crippen molar-refractivity contribution < 1.29 is 0 Å². The van der Waals surface area contributed by atoms with Gasteiger partial charge in [-0.15, -0.1) is 13.0 Å². The lowest BCUT2D eigenvalue weighted by Crippen LogP contribution is -1.88. The quantitative estimate of drug-likeness (QED) is 0.335. The third kappa shape index (κ3) is 3.07. The minimum atomic E-state index is -0.0327. The second kappa shape index (κ2) is 5.21. The summed E-state index contributed by atoms with van der Waals surface area (Å²) in [5.74, 6) is 2.56. The van der Waals surface area contributed by atoms with E-state index in [1.54, 1.807) is 12.2 Å². The standard InChI is InChI=1S/C12H14/c1-6-11(7-2)9-12(8-3)10(4)5/h1,7-9,11H,2-4H2,5H3/b12-9-. The molecule has 0 heterocycles. The van der Waals surface area contributed by atoms with Gasteiger partial charge in [0.25, 0.3) is 0 Å². The van der Waals surface area contributed by atoms with Gasteiger partial charge in [0.1, 0.15) is 0 Å². The molecule has 0 aliphatic heterocycles. The lowest BCUT2D eigenvalue weighted by Gasteiger charge is -2.02. The van der Waals surface area contributed by atoms with E-state index in [4.69, 9.17) is 6.42 Å². The third-order valence-corrected chi connectivity index (χ3v) is 1.52. The molecule has 0 fully saturated rings. The fourth-order valence-corrected chi connectivity index (χ4v) is 0.762. The molecule has 0 saturated heterocycles. The van der Waals surface area contributed by atoms with Crippen LogP contribution in [0.3, 0.4) is 0 Å². The maximum Gasteiger partial charge on any atom is 0.0567 e. The fraction of sp³-hybridized carbons (Fsp3) is 0.167. The first-order valence-corrected chi connectivity index (χ1v) is 3.74. The van der Waals surface area contributed by atoms with E-state index in [1.165, 1.54) is 0 Å². The monoisotopic (exact) mass is 158 g/mol. The van der Waals surface area contributed by atoms with E-state index < -0.39 is 0 Å². The van der Waals surface area contributed by atoms with Crippen molar-refractivity contribution in [2.75, 3.05) is 0 Å². The molecule has 0 aromatic heterocycles. The SMILES string of the molecule is C#CC(C=C)/C=C(/C=C)C(=C)C. The predicted molar refractivity (Wildman–Crippen MR) is 55.6 cm³/mol. The van der Waals surface area contributed by atoms with Crippen molar-refractivity contribution in [2.45, 2.75) is 6.92 Å². The first-order valence-electron chi connectivity index (χ1n) is 3.74. The summed E-state index contributed by atoms with van der Waals surface area (Å²) in [5.41, 5.74) is 1.95. The minimum Gasteiger partial charge on any atom is -0.119 e. The van der Waals surface area contributed by atoms with Crippen LogP contribution in [0.15, 0.2) is 49.1 Å². The Hall–Kier alpha value is -1.48. The molecule has 0 bridgehead atoms. The van der Waals surface area contributed by atoms with E-state index >= 15 is 0 Å². The average Bonchev–Trinajstić information content (AvgIpc) is 2.06. The van der Waals surface area contributed by atoms with Crippen molar-refractivity contribution in [3.63, 3.8) is 0 Å². The van der Waals surface area contributed by atoms with Gasteiger partial charge in [0.05, 0.1) is 5.92 Å². The molecular formula is C12H14. The van der Waals surface area contributed by atoms with Crippen molar-refractivity contribution in [3.8, 4) is 12.3 Å². The molecule has 0 radical (unpaired) electrons. The van der Waals surface area contributed by atoms with Crippen LogP contribution in [-0.2, 0) is 0 Å². The van der Waals surface area contributed by atoms with E-state index in [0.717, 1.165) is 11.1 Å². The maximum absolute atomic E-state index is 5.26. The zero-order valence-corrected chi connectivity index (χ0v) is 7.51. The Morgan fingerprint density at radius 2 is 2.08 bits per heavy atom. The van der Waals surface area contributed by atoms with Crippen LogP contribution in [0.1, 0.15) is 6.92 Å². The highest BCUT2D eigenvalue weighted by molar-refractivity contribution is 5.37. The normalized spacial score (nSPS) is 12.8. The molecule has 0 nitrogen and oxygen atoms in total. The topological polar surface area (TPSA) is 0 Å². The summed E-state index contributed by atoms with van der Waals surface area (Å²) in [6, 6.07) is 0. The van der Waals surface area contributed by atoms with E-state index in [1.807, 2.05) is 13.0 Å². The van der Waals surface area contributed by atoms with E-state index in [2.05, 4.69) is 25.7 Å². The Morgan fingerprint density at radius 1 is 1.50 bits per heavy atom. The van der Waals surface area contributed by atoms with Crippen LogP contribution in [0.4, 0.5) is 0 Å². The van der Waals surface area contributed by atoms with Gasteiger partial charge in [-0.25, -0.2) is 0 Å². The number of hydrogen-bond acceptors (Lipinski definition) is 0. The second-order valence-electron chi connectivity index (χ2n) is 2.53. The first kappa shape index (κ1) is 10.5. The van der Waals surface area contributed by atoms with Gasteiger partial charge in [-0.3, -0.25) is 0 Å². The average molecular weight is 158 g/mol. The largest absolute Gasteiger partial charge is 0.119 e. The summed E-state index contributed by atoms with van der Waals surface area (Å²) in [6.45, 7) is 13.0. The lowest BCUT2D eigenvalue weighted by atomic mass is 10.0. The Labute approximate surface area is 75.0 Å². The molecule has 0 aliphatic carbocycles. The van der Waals surface area contributed by atoms with Crippen LogP contribution >= 0.6 is 0 Å². The third-order valence-electron chi connectivity index (χ3n) is 1.52. The summed E-state index contributed by atoms with van der Waals surface area (Å²) in [7, 11) is 0. The van der Waals surface area contributed by atoms with E-state index in [-0.39, 0.29) is 5.92 Å². The van der Waals surface area contributed by atoms with E-state index in [0.29, 0.717) is 0 Å². The predicted octanol–water partition coefficient (Wildman–Crippen LogP) is 3.11. The fourth-order valence-electron chi connectivity index (χ4n) is 0.762. The Kier molecular flexibility index (Phi) is 4.57. The number of terminal acetylenes is 1. The lowest BCUT2D eigenvalue weighted by molar-refractivity contribution is 1.11. The van der Waals surface area contributed by atoms with Crippen molar-refractivity contribution in [2.24, 2.45) is 5.92 Å². The maximum atomic E-state index is 5.26. The van der Waals surface area contributed by atoms with Crippen LogP contribution in [0.5, 0.6) is 0 Å². The van der Waals surface area contributed by atoms with Gasteiger partial charge in [-0.2, -0.15) is 0 Å². The van der Waals surface area contributed by atoms with Gasteiger partial charge in [0.2, 0.25) is 0 Å². The van der Waals surface area contributed by atoms with Crippen LogP contribution in [0, 0.1) is 18.3 Å². The smallest absolute Gasteiger partial charge is 0.0567 e. The minimum absolute atomic E-state index is 0.0327. The second-order valence-corrected chi connectivity index (χ2v) is 2.53. The summed E-state index contributed by atoms with van der Waals surface area (Å²) in [5, 5.41) is 0. The van der Waals surface area contributed by atoms with Gasteiger partial charge in [-0.1, -0.05) is 42.9 Å². The summed E-state index contributed by atoms with van der Waals surface area (Å²) >= 11 is 0. The highest BCUT2D eigenvalue weighted by atomic mass is 14.0. The van der Waals surface area contributed by atoms with Crippen molar-refractivity contribution in [3.05, 3.63) is 49.1 Å². The molecule has 1 unspecified atom stereocenters. The molecule has 0 N–H and O–H groups in total. The van der Waals surface area contributed by atoms with Gasteiger partial charge >= 0.3 is 0 Å². The zero-order chi connectivity index (χ0) is 9.56. The van der Waals surface area contributed by atoms with Gasteiger partial charge in [0.15, 0.2) is 0 Å². The van der Waals surface area contributed by atoms with Gasteiger partial charge in [0, 0.05) is 0 Å². The van der Waals surface area contributed by atoms with Crippen LogP contribution in [0.2, 0.25) is 0 Å². The molecular weight excluding hydrogens is 144 g/mol. The molecule has 12 heavy (non-hydrogen) atoms. The Morgan fingerprint density at radius 3 is 2.33 bits per heavy atom. The molecule has 0 rings (SSSR count). The summed E-state index contributed by atoms with van der Waals surface area (Å²) in [4.78, 5) is 0. The Bertz CT molecular complexity index is 258. The molecule has 0 saturated carbocycles. The van der Waals surface area contributed by atoms with Crippen LogP contribution < -0.4 is 0 Å². The van der Waals surface area contributed by atoms with Crippen molar-refractivity contribution in [1.29, 1.82) is 0 Å². The number of rotatable bonds is 4. The number of allylic oxidation sites excluding steroid dienone is 5. The highest BCUT2D eigenvalue weighted by Crippen LogP contribution is 2.11. The molecule has 0 amide bonds. The summed E-state index contributed by atoms with van der Waals surface area (Å²) < 4.78 is 0. The molecule has 0 aliphatic rings. The first-order chi connectivity index (χ1) is 5.65. The van der Waals surface area contributed by atoms with E-state index in [9.17, 15) is 0 Å². The van der Waals surface area contributed by atoms with Crippen LogP contribution in [0.25, 0.3) is 0 Å². The van der Waals surface area contributed by atoms with Gasteiger partial charge in [-0.05, 0) is 12.5 Å². The molecule has 0 aromatic rings. The molecule has 1 atom stereocenters. The highest BCUT2D eigenvalue weighted by Gasteiger charge is 1.96. The molecule has 0 aromatic carbocycles. The number of hydrogen-bond donors (Lipinski definition) is 0. The van der Waals surface area contributed by atoms with Gasteiger partial charge < -0.3 is 0 Å². The van der Waals surface area contributed by atoms with Crippen molar-refractivity contribution >= 4 is 0 Å². The van der Waals surface area contributed by atoms with Crippen molar-refractivity contribution in [1.82, 2.24) is 0 Å². The summed E-state index contributed by atoms with van der Waals surface area (Å²) in [6.07, 6.45) is 10.6. The molecule has 0 heteroatoms.